The minimum absolute atomic E-state index is 0.209. The summed E-state index contributed by atoms with van der Waals surface area (Å²) in [6, 6.07) is 12.2. The van der Waals surface area contributed by atoms with Crippen molar-refractivity contribution in [2.75, 3.05) is 17.7 Å². The van der Waals surface area contributed by atoms with Crippen LogP contribution in [0.25, 0.3) is 10.2 Å². The third-order valence-corrected chi connectivity index (χ3v) is 5.69. The van der Waals surface area contributed by atoms with Crippen molar-refractivity contribution < 1.29 is 18.7 Å². The van der Waals surface area contributed by atoms with E-state index in [1.807, 2.05) is 19.1 Å². The van der Waals surface area contributed by atoms with Gasteiger partial charge in [-0.05, 0) is 55.0 Å². The fourth-order valence-corrected chi connectivity index (χ4v) is 4.46. The monoisotopic (exact) mass is 485 g/mol. The van der Waals surface area contributed by atoms with Gasteiger partial charge in [0.2, 0.25) is 0 Å². The number of anilines is 2. The van der Waals surface area contributed by atoms with E-state index in [9.17, 15) is 9.59 Å². The molecule has 0 atom stereocenters. The maximum absolute atomic E-state index is 12.8. The normalized spacial score (nSPS) is 10.8. The Balaban J connectivity index is 1.56. The maximum atomic E-state index is 12.8. The van der Waals surface area contributed by atoms with Crippen LogP contribution in [0.15, 0.2) is 57.6 Å². The molecule has 7 nitrogen and oxygen atoms in total. The number of carbonyl (C=O) groups excluding carboxylic acids is 2. The SMILES string of the molecule is COc1c(C)cc(Br)cc1C(=O)Nc1ccc2nc(NC(=O)c3ccco3)sc2c1. The number of benzene rings is 2. The topological polar surface area (TPSA) is 93.5 Å². The van der Waals surface area contributed by atoms with Crippen molar-refractivity contribution in [1.82, 2.24) is 4.98 Å². The lowest BCUT2D eigenvalue weighted by Crippen LogP contribution is -2.13. The van der Waals surface area contributed by atoms with Crippen LogP contribution in [0.2, 0.25) is 0 Å². The Labute approximate surface area is 184 Å². The third kappa shape index (κ3) is 4.07. The van der Waals surface area contributed by atoms with Crippen LogP contribution in [0, 0.1) is 6.92 Å². The second-order valence-electron chi connectivity index (χ2n) is 6.39. The number of methoxy groups -OCH3 is 1. The van der Waals surface area contributed by atoms with Crippen molar-refractivity contribution in [3.63, 3.8) is 0 Å². The van der Waals surface area contributed by atoms with Gasteiger partial charge < -0.3 is 14.5 Å². The number of fused-ring (bicyclic) bond motifs is 1. The Bertz CT molecular complexity index is 1250. The number of furan rings is 1. The second-order valence-corrected chi connectivity index (χ2v) is 8.34. The number of aromatic nitrogens is 1. The molecular formula is C21H16BrN3O4S. The highest BCUT2D eigenvalue weighted by molar-refractivity contribution is 9.10. The Hall–Kier alpha value is -3.17. The Morgan fingerprint density at radius 3 is 2.70 bits per heavy atom. The molecule has 9 heteroatoms. The molecule has 0 bridgehead atoms. The highest BCUT2D eigenvalue weighted by Crippen LogP contribution is 2.31. The first-order valence-corrected chi connectivity index (χ1v) is 10.5. The van der Waals surface area contributed by atoms with E-state index in [1.54, 1.807) is 30.3 Å². The average Bonchev–Trinajstić information content (AvgIpc) is 3.36. The van der Waals surface area contributed by atoms with Crippen LogP contribution in [0.5, 0.6) is 5.75 Å². The number of carbonyl (C=O) groups is 2. The molecule has 2 N–H and O–H groups in total. The standard InChI is InChI=1S/C21H16BrN3O4S/c1-11-8-12(22)9-14(18(11)28-2)19(26)23-13-5-6-15-17(10-13)30-21(24-15)25-20(27)16-4-3-7-29-16/h3-10H,1-2H3,(H,23,26)(H,24,25,27). The van der Waals surface area contributed by atoms with Crippen LogP contribution in [-0.4, -0.2) is 23.9 Å². The summed E-state index contributed by atoms with van der Waals surface area (Å²) in [5.41, 5.74) is 2.61. The van der Waals surface area contributed by atoms with E-state index >= 15 is 0 Å². The smallest absolute Gasteiger partial charge is 0.293 e. The molecule has 0 unspecified atom stereocenters. The lowest BCUT2D eigenvalue weighted by Gasteiger charge is -2.12. The predicted octanol–water partition coefficient (Wildman–Crippen LogP) is 5.47. The van der Waals surface area contributed by atoms with Gasteiger partial charge in [-0.25, -0.2) is 4.98 Å². The van der Waals surface area contributed by atoms with E-state index in [2.05, 4.69) is 31.5 Å². The minimum atomic E-state index is -0.371. The summed E-state index contributed by atoms with van der Waals surface area (Å²) in [5, 5.41) is 6.05. The van der Waals surface area contributed by atoms with Crippen molar-refractivity contribution >= 4 is 60.1 Å². The van der Waals surface area contributed by atoms with Gasteiger partial charge >= 0.3 is 0 Å². The zero-order chi connectivity index (χ0) is 21.3. The number of ether oxygens (including phenoxy) is 1. The van der Waals surface area contributed by atoms with Crippen LogP contribution in [0.4, 0.5) is 10.8 Å². The first-order chi connectivity index (χ1) is 14.4. The molecule has 2 heterocycles. The van der Waals surface area contributed by atoms with E-state index < -0.39 is 0 Å². The number of rotatable bonds is 5. The third-order valence-electron chi connectivity index (χ3n) is 4.30. The van der Waals surface area contributed by atoms with Gasteiger partial charge in [-0.2, -0.15) is 0 Å². The van der Waals surface area contributed by atoms with Crippen molar-refractivity contribution in [2.45, 2.75) is 6.92 Å². The van der Waals surface area contributed by atoms with Crippen LogP contribution >= 0.6 is 27.3 Å². The van der Waals surface area contributed by atoms with Crippen molar-refractivity contribution in [1.29, 1.82) is 0 Å². The fraction of sp³-hybridized carbons (Fsp3) is 0.0952. The van der Waals surface area contributed by atoms with Gasteiger partial charge in [-0.1, -0.05) is 27.3 Å². The molecule has 152 valence electrons. The molecule has 4 rings (SSSR count). The van der Waals surface area contributed by atoms with Crippen molar-refractivity contribution in [3.05, 3.63) is 70.1 Å². The Morgan fingerprint density at radius 2 is 1.97 bits per heavy atom. The summed E-state index contributed by atoms with van der Waals surface area (Å²) in [5.74, 6) is 0.0779. The van der Waals surface area contributed by atoms with E-state index in [4.69, 9.17) is 9.15 Å². The van der Waals surface area contributed by atoms with Crippen LogP contribution in [-0.2, 0) is 0 Å². The Morgan fingerprint density at radius 1 is 1.13 bits per heavy atom. The van der Waals surface area contributed by atoms with Gasteiger partial charge in [0.25, 0.3) is 11.8 Å². The number of nitrogens with one attached hydrogen (secondary N) is 2. The molecule has 4 aromatic rings. The Kier molecular flexibility index (Phi) is 5.56. The van der Waals surface area contributed by atoms with Gasteiger partial charge in [0, 0.05) is 10.2 Å². The number of nitrogens with zero attached hydrogens (tertiary/aromatic N) is 1. The lowest BCUT2D eigenvalue weighted by molar-refractivity contribution is 0.0994. The highest BCUT2D eigenvalue weighted by Gasteiger charge is 2.17. The zero-order valence-corrected chi connectivity index (χ0v) is 18.4. The molecule has 0 saturated carbocycles. The molecule has 0 aliphatic carbocycles. The number of aryl methyl sites for hydroxylation is 1. The minimum Gasteiger partial charge on any atom is -0.496 e. The largest absolute Gasteiger partial charge is 0.496 e. The molecule has 2 aromatic carbocycles. The van der Waals surface area contributed by atoms with E-state index in [1.165, 1.54) is 24.7 Å². The predicted molar refractivity (Wildman–Crippen MR) is 120 cm³/mol. The number of thiazole rings is 1. The quantitative estimate of drug-likeness (QED) is 0.390. The summed E-state index contributed by atoms with van der Waals surface area (Å²) in [7, 11) is 1.54. The molecule has 2 amide bonds. The lowest BCUT2D eigenvalue weighted by atomic mass is 10.1. The zero-order valence-electron chi connectivity index (χ0n) is 16.0. The summed E-state index contributed by atoms with van der Waals surface area (Å²) >= 11 is 4.72. The first-order valence-electron chi connectivity index (χ1n) is 8.85. The number of hydrogen-bond acceptors (Lipinski definition) is 6. The van der Waals surface area contributed by atoms with Gasteiger partial charge in [0.05, 0.1) is 29.2 Å². The van der Waals surface area contributed by atoms with Gasteiger partial charge in [-0.15, -0.1) is 0 Å². The van der Waals surface area contributed by atoms with Gasteiger partial charge in [0.15, 0.2) is 10.9 Å². The molecular weight excluding hydrogens is 470 g/mol. The fourth-order valence-electron chi connectivity index (χ4n) is 2.99. The van der Waals surface area contributed by atoms with Crippen LogP contribution in [0.3, 0.4) is 0 Å². The molecule has 30 heavy (non-hydrogen) atoms. The number of hydrogen-bond donors (Lipinski definition) is 2. The summed E-state index contributed by atoms with van der Waals surface area (Å²) in [6.45, 7) is 1.88. The highest BCUT2D eigenvalue weighted by atomic mass is 79.9. The molecule has 0 spiro atoms. The van der Waals surface area contributed by atoms with Crippen molar-refractivity contribution in [3.8, 4) is 5.75 Å². The molecule has 2 aromatic heterocycles. The summed E-state index contributed by atoms with van der Waals surface area (Å²) < 4.78 is 12.1. The van der Waals surface area contributed by atoms with Crippen LogP contribution < -0.4 is 15.4 Å². The maximum Gasteiger partial charge on any atom is 0.293 e. The van der Waals surface area contributed by atoms with Gasteiger partial charge in [0.1, 0.15) is 5.75 Å². The molecule has 0 radical (unpaired) electrons. The van der Waals surface area contributed by atoms with Crippen LogP contribution in [0.1, 0.15) is 26.5 Å². The first kappa shape index (κ1) is 20.1. The van der Waals surface area contributed by atoms with Gasteiger partial charge in [-0.3, -0.25) is 14.9 Å². The second kappa shape index (κ2) is 8.29. The summed E-state index contributed by atoms with van der Waals surface area (Å²) in [6.07, 6.45) is 1.43. The molecule has 0 fully saturated rings. The van der Waals surface area contributed by atoms with E-state index in [0.717, 1.165) is 14.7 Å². The van der Waals surface area contributed by atoms with Crippen molar-refractivity contribution in [2.24, 2.45) is 0 Å². The number of amides is 2. The van der Waals surface area contributed by atoms with E-state index in [-0.39, 0.29) is 17.6 Å². The molecule has 0 aliphatic heterocycles. The molecule has 0 aliphatic rings. The average molecular weight is 486 g/mol. The molecule has 0 saturated heterocycles. The van der Waals surface area contributed by atoms with E-state index in [0.29, 0.717) is 27.6 Å². The summed E-state index contributed by atoms with van der Waals surface area (Å²) in [4.78, 5) is 29.3. The number of halogens is 1.